The van der Waals surface area contributed by atoms with E-state index in [1.807, 2.05) is 39.8 Å². The van der Waals surface area contributed by atoms with E-state index in [1.165, 1.54) is 71.8 Å². The van der Waals surface area contributed by atoms with Crippen molar-refractivity contribution in [2.45, 2.75) is 263 Å². The topological polar surface area (TPSA) is 198 Å². The monoisotopic (exact) mass is 945 g/mol. The first kappa shape index (κ1) is 58.8. The largest absolute Gasteiger partial charge is 0.459 e. The van der Waals surface area contributed by atoms with E-state index in [0.29, 0.717) is 18.7 Å². The molecule has 0 aliphatic carbocycles. The number of carbonyl (C=O) groups excluding carboxylic acids is 1. The Morgan fingerprint density at radius 2 is 1.35 bits per heavy atom. The number of rotatable bonds is 21. The van der Waals surface area contributed by atoms with E-state index >= 15 is 0 Å². The fourth-order valence-electron chi connectivity index (χ4n) is 10.7. The Hall–Kier alpha value is -1.50. The Kier molecular flexibility index (Phi) is 24.2. The number of methoxy groups -OCH3 is 1. The molecule has 3 fully saturated rings. The molecule has 3 rings (SSSR count). The van der Waals surface area contributed by atoms with Crippen molar-refractivity contribution in [3.05, 3.63) is 0 Å². The number of ether oxygens (including phenoxy) is 6. The van der Waals surface area contributed by atoms with Crippen molar-refractivity contribution in [3.63, 3.8) is 0 Å². The maximum absolute atomic E-state index is 14.5. The lowest BCUT2D eigenvalue weighted by atomic mass is 9.73. The number of aliphatic hydroxyl groups excluding tert-OH is 3. The zero-order valence-corrected chi connectivity index (χ0v) is 43.6. The standard InChI is InChI=1S/C51H96N2O13/c1-15-17-18-19-20-21-22-23-24-25-26-27-28-61-52-41-32(3)30-49(9,58)46(66-48-42(54)38(53(12)13)29-33(4)62-48)35(6)43(65-40-31-50(10,60-14)45(56)37(8)63-40)36(7)47(57)64-39(16-2)51(11,59)44(55)34(41)5/h32-40,42-46,48,54-56,58-59H,15-31H2,1-14H3/b52-41+/t32-,33-,34-,35+,36-,37+,38+,39+,40?,42-,43+,44-,45+,46-,48+,49?,50-,51-/m1/s1. The van der Waals surface area contributed by atoms with Gasteiger partial charge in [0.05, 0.1) is 53.4 Å². The lowest BCUT2D eigenvalue weighted by molar-refractivity contribution is -0.317. The van der Waals surface area contributed by atoms with E-state index in [2.05, 4.69) is 12.1 Å². The third kappa shape index (κ3) is 16.0. The van der Waals surface area contributed by atoms with Gasteiger partial charge in [0.2, 0.25) is 0 Å². The molecular formula is C51H96N2O13. The van der Waals surface area contributed by atoms with E-state index in [4.69, 9.17) is 33.3 Å². The van der Waals surface area contributed by atoms with Gasteiger partial charge in [-0.2, -0.15) is 0 Å². The minimum atomic E-state index is -1.92. The number of likely N-dealkylation sites (N-methyl/N-ethyl adjacent to an activating group) is 1. The second-order valence-corrected chi connectivity index (χ2v) is 21.3. The summed E-state index contributed by atoms with van der Waals surface area (Å²) in [6.07, 6.45) is 5.39. The van der Waals surface area contributed by atoms with Gasteiger partial charge in [-0.3, -0.25) is 4.79 Å². The molecule has 0 spiro atoms. The van der Waals surface area contributed by atoms with Gasteiger partial charge in [0.1, 0.15) is 30.5 Å². The number of unbranched alkanes of at least 4 members (excludes halogenated alkanes) is 11. The Bertz CT molecular complexity index is 1430. The smallest absolute Gasteiger partial charge is 0.311 e. The predicted octanol–water partition coefficient (Wildman–Crippen LogP) is 7.29. The molecule has 3 aliphatic rings. The van der Waals surface area contributed by atoms with Crippen molar-refractivity contribution in [2.75, 3.05) is 27.8 Å². The van der Waals surface area contributed by atoms with E-state index in [-0.39, 0.29) is 31.4 Å². The Balaban J connectivity index is 2.02. The van der Waals surface area contributed by atoms with Crippen LogP contribution in [-0.4, -0.2) is 154 Å². The van der Waals surface area contributed by atoms with E-state index in [0.717, 1.165) is 19.3 Å². The first-order valence-electron chi connectivity index (χ1n) is 25.7. The molecule has 0 amide bonds. The van der Waals surface area contributed by atoms with E-state index in [1.54, 1.807) is 41.5 Å². The Labute approximate surface area is 399 Å². The highest BCUT2D eigenvalue weighted by Crippen LogP contribution is 2.41. The maximum atomic E-state index is 14.5. The van der Waals surface area contributed by atoms with Crippen LogP contribution < -0.4 is 0 Å². The van der Waals surface area contributed by atoms with Gasteiger partial charge in [-0.15, -0.1) is 0 Å². The zero-order chi connectivity index (χ0) is 49.6. The fourth-order valence-corrected chi connectivity index (χ4v) is 10.7. The summed E-state index contributed by atoms with van der Waals surface area (Å²) in [4.78, 5) is 22.4. The molecule has 0 aromatic rings. The van der Waals surface area contributed by atoms with Crippen molar-refractivity contribution < 1.29 is 63.6 Å². The van der Waals surface area contributed by atoms with Crippen LogP contribution in [0.2, 0.25) is 0 Å². The summed E-state index contributed by atoms with van der Waals surface area (Å²) in [6, 6.07) is -0.310. The van der Waals surface area contributed by atoms with Crippen molar-refractivity contribution in [1.82, 2.24) is 4.90 Å². The van der Waals surface area contributed by atoms with Crippen molar-refractivity contribution >= 4 is 11.7 Å². The molecule has 388 valence electrons. The van der Waals surface area contributed by atoms with Crippen LogP contribution >= 0.6 is 0 Å². The molecule has 0 aromatic carbocycles. The van der Waals surface area contributed by atoms with Crippen LogP contribution in [0.25, 0.3) is 0 Å². The van der Waals surface area contributed by atoms with Crippen molar-refractivity contribution in [1.29, 1.82) is 0 Å². The van der Waals surface area contributed by atoms with Gasteiger partial charge in [-0.25, -0.2) is 0 Å². The quantitative estimate of drug-likeness (QED) is 0.0437. The van der Waals surface area contributed by atoms with Gasteiger partial charge < -0.3 is 63.7 Å². The molecule has 3 aliphatic heterocycles. The first-order chi connectivity index (χ1) is 31.0. The molecular weight excluding hydrogens is 849 g/mol. The summed E-state index contributed by atoms with van der Waals surface area (Å²) in [5.74, 6) is -3.90. The van der Waals surface area contributed by atoms with Crippen LogP contribution in [0.4, 0.5) is 0 Å². The van der Waals surface area contributed by atoms with Crippen LogP contribution in [0.1, 0.15) is 179 Å². The molecule has 0 bridgehead atoms. The molecule has 5 N–H and O–H groups in total. The number of hydrogen-bond acceptors (Lipinski definition) is 15. The first-order valence-corrected chi connectivity index (χ1v) is 25.7. The lowest BCUT2D eigenvalue weighted by Gasteiger charge is -2.49. The van der Waals surface area contributed by atoms with Gasteiger partial charge in [0.25, 0.3) is 0 Å². The van der Waals surface area contributed by atoms with Crippen LogP contribution in [0.5, 0.6) is 0 Å². The van der Waals surface area contributed by atoms with Crippen molar-refractivity contribution in [3.8, 4) is 0 Å². The molecule has 3 saturated heterocycles. The number of esters is 1. The van der Waals surface area contributed by atoms with Crippen LogP contribution in [0.3, 0.4) is 0 Å². The van der Waals surface area contributed by atoms with E-state index in [9.17, 15) is 30.3 Å². The Morgan fingerprint density at radius 3 is 1.89 bits per heavy atom. The van der Waals surface area contributed by atoms with Gasteiger partial charge in [0.15, 0.2) is 12.6 Å². The summed E-state index contributed by atoms with van der Waals surface area (Å²) >= 11 is 0. The normalized spacial score (nSPS) is 41.7. The average Bonchev–Trinajstić information content (AvgIpc) is 3.26. The number of cyclic esters (lactones) is 1. The summed E-state index contributed by atoms with van der Waals surface area (Å²) in [5.41, 5.74) is -4.27. The molecule has 0 saturated carbocycles. The second-order valence-electron chi connectivity index (χ2n) is 21.3. The third-order valence-electron chi connectivity index (χ3n) is 15.1. The summed E-state index contributed by atoms with van der Waals surface area (Å²) in [7, 11) is 5.28. The SMILES string of the molecule is CCCCCCCCCCCCCCO/N=C1\[C@H](C)CC(C)(O)[C@H](O[C@@H]2O[C@H](C)C[C@H](N(C)C)[C@H]2O)[C@@H](C)[C@H](OC2C[C@@](C)(OC)[C@@H](O)[C@H](C)O2)[C@@H](C)C(=O)O[C@@H](CC)[C@@](C)(O)[C@H](O)[C@@H]1C. The highest BCUT2D eigenvalue weighted by Gasteiger charge is 2.53. The molecule has 66 heavy (non-hydrogen) atoms. The van der Waals surface area contributed by atoms with Gasteiger partial charge >= 0.3 is 5.97 Å². The number of hydrogen-bond donors (Lipinski definition) is 5. The number of oxime groups is 1. The molecule has 15 heteroatoms. The predicted molar refractivity (Wildman–Crippen MR) is 256 cm³/mol. The zero-order valence-electron chi connectivity index (χ0n) is 43.6. The maximum Gasteiger partial charge on any atom is 0.311 e. The molecule has 0 aromatic heterocycles. The molecule has 0 radical (unpaired) electrons. The van der Waals surface area contributed by atoms with Gasteiger partial charge in [-0.05, 0) is 87.7 Å². The molecule has 18 atom stereocenters. The number of aliphatic hydroxyl groups is 5. The summed E-state index contributed by atoms with van der Waals surface area (Å²) in [6.45, 7) is 20.0. The highest BCUT2D eigenvalue weighted by molar-refractivity contribution is 5.88. The summed E-state index contributed by atoms with van der Waals surface area (Å²) in [5, 5.41) is 64.5. The third-order valence-corrected chi connectivity index (χ3v) is 15.1. The summed E-state index contributed by atoms with van der Waals surface area (Å²) < 4.78 is 38.0. The highest BCUT2D eigenvalue weighted by atomic mass is 16.7. The second kappa shape index (κ2) is 27.2. The minimum Gasteiger partial charge on any atom is -0.459 e. The van der Waals surface area contributed by atoms with Crippen LogP contribution in [-0.2, 0) is 38.1 Å². The molecule has 15 nitrogen and oxygen atoms in total. The number of carbonyl (C=O) groups is 1. The Morgan fingerprint density at radius 1 is 0.773 bits per heavy atom. The van der Waals surface area contributed by atoms with Gasteiger partial charge in [-0.1, -0.05) is 104 Å². The number of nitrogens with zero attached hydrogens (tertiary/aromatic N) is 2. The molecule has 2 unspecified atom stereocenters. The van der Waals surface area contributed by atoms with E-state index < -0.39 is 102 Å². The van der Waals surface area contributed by atoms with Crippen LogP contribution in [0, 0.1) is 23.7 Å². The van der Waals surface area contributed by atoms with Crippen molar-refractivity contribution in [2.24, 2.45) is 28.8 Å². The lowest BCUT2D eigenvalue weighted by Crippen LogP contribution is -2.61. The van der Waals surface area contributed by atoms with Gasteiger partial charge in [0, 0.05) is 37.3 Å². The minimum absolute atomic E-state index is 0.0329. The fraction of sp³-hybridized carbons (Fsp3) is 0.961. The average molecular weight is 945 g/mol. The molecule has 3 heterocycles. The van der Waals surface area contributed by atoms with Crippen LogP contribution in [0.15, 0.2) is 5.16 Å².